The second kappa shape index (κ2) is 4.77. The monoisotopic (exact) mass is 284 g/mol. The van der Waals surface area contributed by atoms with E-state index in [0.29, 0.717) is 24.7 Å². The van der Waals surface area contributed by atoms with Crippen LogP contribution in [0.25, 0.3) is 0 Å². The highest BCUT2D eigenvalue weighted by atomic mass is 19.3. The Kier molecular flexibility index (Phi) is 3.20. The summed E-state index contributed by atoms with van der Waals surface area (Å²) in [6.45, 7) is 4.21. The molecule has 4 nitrogen and oxygen atoms in total. The van der Waals surface area contributed by atoms with Crippen molar-refractivity contribution in [1.82, 2.24) is 0 Å². The summed E-state index contributed by atoms with van der Waals surface area (Å²) >= 11 is 0. The van der Waals surface area contributed by atoms with Crippen molar-refractivity contribution in [2.45, 2.75) is 25.4 Å². The molecule has 0 saturated carbocycles. The summed E-state index contributed by atoms with van der Waals surface area (Å²) < 4.78 is 36.9. The second-order valence-corrected chi connectivity index (χ2v) is 5.51. The highest BCUT2D eigenvalue weighted by Gasteiger charge is 2.43. The summed E-state index contributed by atoms with van der Waals surface area (Å²) in [5, 5.41) is 0. The van der Waals surface area contributed by atoms with Crippen LogP contribution in [0.4, 0.5) is 20.2 Å². The molecule has 6 heteroatoms. The van der Waals surface area contributed by atoms with E-state index < -0.39 is 12.0 Å². The van der Waals surface area contributed by atoms with Crippen LogP contribution in [0.5, 0.6) is 5.75 Å². The van der Waals surface area contributed by atoms with E-state index in [1.807, 2.05) is 0 Å². The minimum absolute atomic E-state index is 0.188. The zero-order valence-corrected chi connectivity index (χ0v) is 11.4. The van der Waals surface area contributed by atoms with Gasteiger partial charge < -0.3 is 20.1 Å². The van der Waals surface area contributed by atoms with Gasteiger partial charge in [-0.25, -0.2) is 8.78 Å². The standard InChI is InChI=1S/C14H18F2N2O2/c1-14(13(15)16)8-9-6-10(17)11(7-12(9)20-14)18-2-4-19-5-3-18/h6-7,13H,2-5,8,17H2,1H3. The average Bonchev–Trinajstić information content (AvgIpc) is 2.75. The van der Waals surface area contributed by atoms with Crippen molar-refractivity contribution < 1.29 is 18.3 Å². The third-order valence-electron chi connectivity index (χ3n) is 3.91. The Morgan fingerprint density at radius 3 is 2.65 bits per heavy atom. The first-order valence-corrected chi connectivity index (χ1v) is 6.72. The Bertz CT molecular complexity index is 518. The molecule has 2 aliphatic heterocycles. The fourth-order valence-electron chi connectivity index (χ4n) is 2.73. The molecule has 1 atom stereocenters. The predicted octanol–water partition coefficient (Wildman–Crippen LogP) is 2.06. The topological polar surface area (TPSA) is 47.7 Å². The summed E-state index contributed by atoms with van der Waals surface area (Å²) in [5.41, 5.74) is 6.81. The molecule has 2 heterocycles. The summed E-state index contributed by atoms with van der Waals surface area (Å²) in [6, 6.07) is 3.54. The molecule has 0 aliphatic carbocycles. The van der Waals surface area contributed by atoms with Crippen LogP contribution in [0.3, 0.4) is 0 Å². The van der Waals surface area contributed by atoms with Gasteiger partial charge in [0.2, 0.25) is 0 Å². The van der Waals surface area contributed by atoms with Crippen LogP contribution >= 0.6 is 0 Å². The van der Waals surface area contributed by atoms with Crippen LogP contribution in [-0.4, -0.2) is 38.3 Å². The lowest BCUT2D eigenvalue weighted by molar-refractivity contribution is -0.0498. The van der Waals surface area contributed by atoms with E-state index in [9.17, 15) is 8.78 Å². The van der Waals surface area contributed by atoms with Crippen LogP contribution in [-0.2, 0) is 11.2 Å². The number of rotatable bonds is 2. The highest BCUT2D eigenvalue weighted by molar-refractivity contribution is 5.72. The predicted molar refractivity (Wildman–Crippen MR) is 72.6 cm³/mol. The zero-order valence-electron chi connectivity index (χ0n) is 11.4. The molecule has 3 rings (SSSR count). The van der Waals surface area contributed by atoms with Crippen LogP contribution in [0.1, 0.15) is 12.5 Å². The van der Waals surface area contributed by atoms with E-state index in [2.05, 4.69) is 4.90 Å². The smallest absolute Gasteiger partial charge is 0.277 e. The molecule has 0 spiro atoms. The van der Waals surface area contributed by atoms with Crippen LogP contribution < -0.4 is 15.4 Å². The van der Waals surface area contributed by atoms with Crippen molar-refractivity contribution in [3.05, 3.63) is 17.7 Å². The van der Waals surface area contributed by atoms with Gasteiger partial charge in [0.25, 0.3) is 6.43 Å². The molecule has 20 heavy (non-hydrogen) atoms. The molecule has 1 unspecified atom stereocenters. The number of fused-ring (bicyclic) bond motifs is 1. The molecule has 0 radical (unpaired) electrons. The first-order chi connectivity index (χ1) is 9.49. The maximum Gasteiger partial charge on any atom is 0.277 e. The number of nitrogens with zero attached hydrogens (tertiary/aromatic N) is 1. The molecule has 0 amide bonds. The Hall–Kier alpha value is -1.56. The minimum atomic E-state index is -2.53. The minimum Gasteiger partial charge on any atom is -0.481 e. The van der Waals surface area contributed by atoms with E-state index in [4.69, 9.17) is 15.2 Å². The molecule has 2 aliphatic rings. The number of hydrogen-bond donors (Lipinski definition) is 1. The molecule has 1 aromatic carbocycles. The van der Waals surface area contributed by atoms with Gasteiger partial charge in [-0.05, 0) is 13.0 Å². The van der Waals surface area contributed by atoms with Crippen molar-refractivity contribution in [1.29, 1.82) is 0 Å². The Morgan fingerprint density at radius 2 is 2.00 bits per heavy atom. The molecule has 1 saturated heterocycles. The van der Waals surface area contributed by atoms with Crippen molar-refractivity contribution in [3.8, 4) is 5.75 Å². The van der Waals surface area contributed by atoms with Crippen molar-refractivity contribution >= 4 is 11.4 Å². The Labute approximate surface area is 116 Å². The Morgan fingerprint density at radius 1 is 1.30 bits per heavy atom. The van der Waals surface area contributed by atoms with Gasteiger partial charge in [-0.1, -0.05) is 0 Å². The van der Waals surface area contributed by atoms with Crippen LogP contribution in [0, 0.1) is 0 Å². The van der Waals surface area contributed by atoms with Gasteiger partial charge in [0.1, 0.15) is 5.75 Å². The number of nitrogens with two attached hydrogens (primary N) is 1. The van der Waals surface area contributed by atoms with E-state index in [-0.39, 0.29) is 6.42 Å². The molecule has 0 aromatic heterocycles. The van der Waals surface area contributed by atoms with E-state index in [0.717, 1.165) is 24.3 Å². The maximum atomic E-state index is 13.1. The van der Waals surface area contributed by atoms with Gasteiger partial charge in [0.15, 0.2) is 5.60 Å². The number of nitrogen functional groups attached to an aromatic ring is 1. The van der Waals surface area contributed by atoms with Gasteiger partial charge in [0, 0.05) is 31.1 Å². The number of hydrogen-bond acceptors (Lipinski definition) is 4. The fourth-order valence-corrected chi connectivity index (χ4v) is 2.73. The van der Waals surface area contributed by atoms with Crippen molar-refractivity contribution in [2.75, 3.05) is 36.9 Å². The summed E-state index contributed by atoms with van der Waals surface area (Å²) in [7, 11) is 0. The quantitative estimate of drug-likeness (QED) is 0.845. The van der Waals surface area contributed by atoms with Crippen molar-refractivity contribution in [2.24, 2.45) is 0 Å². The molecule has 1 fully saturated rings. The maximum absolute atomic E-state index is 13.1. The number of morpholine rings is 1. The Balaban J connectivity index is 1.90. The zero-order chi connectivity index (χ0) is 14.3. The van der Waals surface area contributed by atoms with Crippen LogP contribution in [0.2, 0.25) is 0 Å². The van der Waals surface area contributed by atoms with Crippen LogP contribution in [0.15, 0.2) is 12.1 Å². The van der Waals surface area contributed by atoms with Gasteiger partial charge in [0.05, 0.1) is 24.6 Å². The first-order valence-electron chi connectivity index (χ1n) is 6.72. The summed E-state index contributed by atoms with van der Waals surface area (Å²) in [5.74, 6) is 0.517. The molecule has 0 bridgehead atoms. The highest BCUT2D eigenvalue weighted by Crippen LogP contribution is 2.42. The van der Waals surface area contributed by atoms with Gasteiger partial charge in [-0.2, -0.15) is 0 Å². The van der Waals surface area contributed by atoms with Crippen molar-refractivity contribution in [3.63, 3.8) is 0 Å². The summed E-state index contributed by atoms with van der Waals surface area (Å²) in [4.78, 5) is 2.10. The van der Waals surface area contributed by atoms with E-state index in [1.165, 1.54) is 6.92 Å². The molecular weight excluding hydrogens is 266 g/mol. The molecular formula is C14H18F2N2O2. The van der Waals surface area contributed by atoms with Gasteiger partial charge in [-0.3, -0.25) is 0 Å². The lowest BCUT2D eigenvalue weighted by Crippen LogP contribution is -2.38. The van der Waals surface area contributed by atoms with Gasteiger partial charge in [-0.15, -0.1) is 0 Å². The van der Waals surface area contributed by atoms with E-state index >= 15 is 0 Å². The number of alkyl halides is 2. The van der Waals surface area contributed by atoms with Gasteiger partial charge >= 0.3 is 0 Å². The number of halogens is 2. The third-order valence-corrected chi connectivity index (χ3v) is 3.91. The lowest BCUT2D eigenvalue weighted by Gasteiger charge is -2.30. The number of ether oxygens (including phenoxy) is 2. The number of anilines is 2. The van der Waals surface area contributed by atoms with E-state index in [1.54, 1.807) is 12.1 Å². The largest absolute Gasteiger partial charge is 0.481 e. The fraction of sp³-hybridized carbons (Fsp3) is 0.571. The molecule has 110 valence electrons. The second-order valence-electron chi connectivity index (χ2n) is 5.51. The normalized spacial score (nSPS) is 25.7. The number of benzene rings is 1. The first kappa shape index (κ1) is 13.4. The SMILES string of the molecule is CC1(C(F)F)Cc2cc(N)c(N3CCOCC3)cc2O1. The molecule has 2 N–H and O–H groups in total. The molecule has 1 aromatic rings. The average molecular weight is 284 g/mol. The third kappa shape index (κ3) is 2.18. The lowest BCUT2D eigenvalue weighted by atomic mass is 9.99. The summed E-state index contributed by atoms with van der Waals surface area (Å²) in [6.07, 6.45) is -2.34.